The largest absolute Gasteiger partial charge is 0.473 e. The van der Waals surface area contributed by atoms with E-state index in [1.807, 2.05) is 18.2 Å². The van der Waals surface area contributed by atoms with Gasteiger partial charge in [0.25, 0.3) is 10.2 Å². The molecule has 0 bridgehead atoms. The Morgan fingerprint density at radius 2 is 2.00 bits per heavy atom. The molecule has 0 aliphatic carbocycles. The highest BCUT2D eigenvalue weighted by atomic mass is 32.2. The number of hydrogen-bond acceptors (Lipinski definition) is 7. The molecule has 2 N–H and O–H groups in total. The zero-order valence-corrected chi connectivity index (χ0v) is 18.1. The lowest BCUT2D eigenvalue weighted by atomic mass is 10.1. The molecule has 1 saturated heterocycles. The number of benzene rings is 1. The van der Waals surface area contributed by atoms with Gasteiger partial charge in [0, 0.05) is 31.0 Å². The van der Waals surface area contributed by atoms with Crippen molar-refractivity contribution in [2.75, 3.05) is 26.3 Å². The van der Waals surface area contributed by atoms with Crippen molar-refractivity contribution in [3.05, 3.63) is 48.3 Å². The SMILES string of the molecule is CCCc1ccc(-c2cc3nccnc3c(OC[C@@H]3CN(S(N)(=O)=O)CCO3)n2)cc1. The summed E-state index contributed by atoms with van der Waals surface area (Å²) in [6.07, 6.45) is 4.86. The van der Waals surface area contributed by atoms with Crippen LogP contribution in [0.3, 0.4) is 0 Å². The lowest BCUT2D eigenvalue weighted by Gasteiger charge is -2.30. The Bertz CT molecular complexity index is 1150. The average molecular weight is 444 g/mol. The van der Waals surface area contributed by atoms with Gasteiger partial charge in [-0.2, -0.15) is 12.7 Å². The van der Waals surface area contributed by atoms with Crippen LogP contribution in [0, 0.1) is 0 Å². The molecule has 1 atom stereocenters. The number of nitrogens with zero attached hydrogens (tertiary/aromatic N) is 4. The van der Waals surface area contributed by atoms with E-state index in [0.717, 1.165) is 24.1 Å². The molecule has 0 saturated carbocycles. The van der Waals surface area contributed by atoms with Gasteiger partial charge in [-0.05, 0) is 18.1 Å². The molecule has 1 aliphatic rings. The molecular formula is C21H25N5O4S. The molecule has 3 aromatic rings. The minimum atomic E-state index is -3.77. The predicted molar refractivity (Wildman–Crippen MR) is 117 cm³/mol. The number of morpholine rings is 1. The van der Waals surface area contributed by atoms with Gasteiger partial charge in [-0.1, -0.05) is 37.6 Å². The van der Waals surface area contributed by atoms with E-state index >= 15 is 0 Å². The van der Waals surface area contributed by atoms with Crippen LogP contribution in [0.1, 0.15) is 18.9 Å². The van der Waals surface area contributed by atoms with E-state index in [0.29, 0.717) is 16.9 Å². The number of nitrogens with two attached hydrogens (primary N) is 1. The maximum atomic E-state index is 11.6. The summed E-state index contributed by atoms with van der Waals surface area (Å²) in [5, 5.41) is 5.24. The fourth-order valence-electron chi connectivity index (χ4n) is 3.52. The van der Waals surface area contributed by atoms with Gasteiger partial charge in [0.1, 0.15) is 12.7 Å². The maximum absolute atomic E-state index is 11.6. The Morgan fingerprint density at radius 3 is 2.74 bits per heavy atom. The first-order valence-electron chi connectivity index (χ1n) is 10.2. The van der Waals surface area contributed by atoms with Crippen molar-refractivity contribution < 1.29 is 17.9 Å². The van der Waals surface area contributed by atoms with Crippen LogP contribution >= 0.6 is 0 Å². The van der Waals surface area contributed by atoms with Crippen LogP contribution in [-0.2, 0) is 21.4 Å². The summed E-state index contributed by atoms with van der Waals surface area (Å²) in [6, 6.07) is 10.1. The van der Waals surface area contributed by atoms with Crippen LogP contribution in [0.2, 0.25) is 0 Å². The van der Waals surface area contributed by atoms with Gasteiger partial charge in [-0.25, -0.2) is 15.1 Å². The molecule has 0 amide bonds. The van der Waals surface area contributed by atoms with Crippen molar-refractivity contribution in [2.45, 2.75) is 25.9 Å². The molecule has 1 aromatic carbocycles. The van der Waals surface area contributed by atoms with Gasteiger partial charge in [-0.15, -0.1) is 0 Å². The summed E-state index contributed by atoms with van der Waals surface area (Å²) in [7, 11) is -3.77. The van der Waals surface area contributed by atoms with E-state index < -0.39 is 16.3 Å². The third-order valence-electron chi connectivity index (χ3n) is 5.08. The standard InChI is InChI=1S/C21H25N5O4S/c1-2-3-15-4-6-16(7-5-15)18-12-19-20(24-9-8-23-19)21(25-18)30-14-17-13-26(10-11-29-17)31(22,27)28/h4-9,12,17H,2-3,10-11,13-14H2,1H3,(H2,22,27,28)/t17-/m0/s1. The second-order valence-corrected chi connectivity index (χ2v) is 8.94. The summed E-state index contributed by atoms with van der Waals surface area (Å²) in [5.41, 5.74) is 4.15. The van der Waals surface area contributed by atoms with Gasteiger partial charge in [-0.3, -0.25) is 4.98 Å². The topological polar surface area (TPSA) is 121 Å². The molecular weight excluding hydrogens is 418 g/mol. The predicted octanol–water partition coefficient (Wildman–Crippen LogP) is 1.93. The van der Waals surface area contributed by atoms with Crippen molar-refractivity contribution in [3.63, 3.8) is 0 Å². The first kappa shape index (κ1) is 21.6. The number of hydrogen-bond donors (Lipinski definition) is 1. The van der Waals surface area contributed by atoms with Crippen LogP contribution in [0.25, 0.3) is 22.3 Å². The Kier molecular flexibility index (Phi) is 6.42. The number of aryl methyl sites for hydroxylation is 1. The Hall–Kier alpha value is -2.66. The van der Waals surface area contributed by atoms with Gasteiger partial charge in [0.05, 0.1) is 17.8 Å². The first-order chi connectivity index (χ1) is 14.9. The van der Waals surface area contributed by atoms with Crippen molar-refractivity contribution in [1.82, 2.24) is 19.3 Å². The Balaban J connectivity index is 1.58. The number of fused-ring (bicyclic) bond motifs is 1. The lowest BCUT2D eigenvalue weighted by Crippen LogP contribution is -2.49. The van der Waals surface area contributed by atoms with Crippen LogP contribution in [-0.4, -0.2) is 60.1 Å². The summed E-state index contributed by atoms with van der Waals surface area (Å²) in [5.74, 6) is 0.328. The molecule has 2 aromatic heterocycles. The molecule has 4 rings (SSSR count). The van der Waals surface area contributed by atoms with Gasteiger partial charge < -0.3 is 9.47 Å². The van der Waals surface area contributed by atoms with E-state index in [4.69, 9.17) is 14.6 Å². The fourth-order valence-corrected chi connectivity index (χ4v) is 4.22. The molecule has 164 valence electrons. The maximum Gasteiger partial charge on any atom is 0.277 e. The second-order valence-electron chi connectivity index (χ2n) is 7.39. The minimum Gasteiger partial charge on any atom is -0.473 e. The highest BCUT2D eigenvalue weighted by Crippen LogP contribution is 2.27. The van der Waals surface area contributed by atoms with Gasteiger partial charge >= 0.3 is 0 Å². The Labute approximate surface area is 181 Å². The number of pyridine rings is 1. The molecule has 1 fully saturated rings. The highest BCUT2D eigenvalue weighted by molar-refractivity contribution is 7.86. The quantitative estimate of drug-likeness (QED) is 0.592. The first-order valence-corrected chi connectivity index (χ1v) is 11.7. The summed E-state index contributed by atoms with van der Waals surface area (Å²) >= 11 is 0. The van der Waals surface area contributed by atoms with Crippen molar-refractivity contribution in [2.24, 2.45) is 5.14 Å². The molecule has 3 heterocycles. The molecule has 0 unspecified atom stereocenters. The zero-order chi connectivity index (χ0) is 21.8. The molecule has 10 heteroatoms. The van der Waals surface area contributed by atoms with E-state index in [9.17, 15) is 8.42 Å². The summed E-state index contributed by atoms with van der Waals surface area (Å²) in [4.78, 5) is 13.4. The lowest BCUT2D eigenvalue weighted by molar-refractivity contribution is -0.0254. The third-order valence-corrected chi connectivity index (χ3v) is 6.13. The monoisotopic (exact) mass is 443 g/mol. The molecule has 1 aliphatic heterocycles. The van der Waals surface area contributed by atoms with Crippen LogP contribution in [0.4, 0.5) is 0 Å². The third kappa shape index (κ3) is 5.16. The normalized spacial score (nSPS) is 17.7. The summed E-state index contributed by atoms with van der Waals surface area (Å²) in [6.45, 7) is 2.87. The molecule has 0 spiro atoms. The van der Waals surface area contributed by atoms with Gasteiger partial charge in [0.15, 0.2) is 5.52 Å². The van der Waals surface area contributed by atoms with Crippen molar-refractivity contribution in [3.8, 4) is 17.1 Å². The molecule has 9 nitrogen and oxygen atoms in total. The van der Waals surface area contributed by atoms with E-state index in [1.165, 1.54) is 9.87 Å². The Morgan fingerprint density at radius 1 is 1.23 bits per heavy atom. The van der Waals surface area contributed by atoms with Crippen molar-refractivity contribution >= 4 is 21.2 Å². The number of rotatable bonds is 7. The van der Waals surface area contributed by atoms with E-state index in [2.05, 4.69) is 34.0 Å². The average Bonchev–Trinajstić information content (AvgIpc) is 2.77. The van der Waals surface area contributed by atoms with Crippen molar-refractivity contribution in [1.29, 1.82) is 0 Å². The molecule has 0 radical (unpaired) electrons. The zero-order valence-electron chi connectivity index (χ0n) is 17.3. The smallest absolute Gasteiger partial charge is 0.277 e. The number of ether oxygens (including phenoxy) is 2. The fraction of sp³-hybridized carbons (Fsp3) is 0.381. The summed E-state index contributed by atoms with van der Waals surface area (Å²) < 4.78 is 36.0. The highest BCUT2D eigenvalue weighted by Gasteiger charge is 2.27. The molecule has 31 heavy (non-hydrogen) atoms. The second kappa shape index (κ2) is 9.23. The van der Waals surface area contributed by atoms with Crippen LogP contribution in [0.15, 0.2) is 42.7 Å². The van der Waals surface area contributed by atoms with Gasteiger partial charge in [0.2, 0.25) is 5.88 Å². The van der Waals surface area contributed by atoms with E-state index in [1.54, 1.807) is 12.4 Å². The van der Waals surface area contributed by atoms with Crippen LogP contribution in [0.5, 0.6) is 5.88 Å². The van der Waals surface area contributed by atoms with Crippen LogP contribution < -0.4 is 9.88 Å². The number of aromatic nitrogens is 3. The minimum absolute atomic E-state index is 0.115. The van der Waals surface area contributed by atoms with E-state index in [-0.39, 0.29) is 26.3 Å².